The summed E-state index contributed by atoms with van der Waals surface area (Å²) in [6, 6.07) is 11.6. The van der Waals surface area contributed by atoms with Gasteiger partial charge in [-0.05, 0) is 25.1 Å². The highest BCUT2D eigenvalue weighted by atomic mass is 32.1. The molecule has 0 aliphatic rings. The van der Waals surface area contributed by atoms with E-state index in [-0.39, 0.29) is 11.6 Å². The van der Waals surface area contributed by atoms with E-state index in [4.69, 9.17) is 0 Å². The van der Waals surface area contributed by atoms with Crippen LogP contribution >= 0.6 is 11.3 Å². The maximum absolute atomic E-state index is 11.4. The highest BCUT2D eigenvalue weighted by Crippen LogP contribution is 2.27. The average molecular weight is 285 g/mol. The molecule has 1 unspecified atom stereocenters. The van der Waals surface area contributed by atoms with Crippen LogP contribution in [0.1, 0.15) is 18.0 Å². The summed E-state index contributed by atoms with van der Waals surface area (Å²) in [4.78, 5) is 16.0. The Hall–Kier alpha value is -2.14. The van der Waals surface area contributed by atoms with E-state index in [1.54, 1.807) is 41.3 Å². The van der Waals surface area contributed by atoms with Gasteiger partial charge in [0.15, 0.2) is 0 Å². The molecule has 0 amide bonds. The number of benzene rings is 1. The van der Waals surface area contributed by atoms with Crippen molar-refractivity contribution >= 4 is 27.2 Å². The Bertz CT molecular complexity index is 773. The summed E-state index contributed by atoms with van der Waals surface area (Å²) in [6.45, 7) is 2.07. The number of thiazole rings is 1. The van der Waals surface area contributed by atoms with E-state index in [0.717, 1.165) is 16.2 Å². The molecule has 0 fully saturated rings. The fraction of sp³-hybridized carbons (Fsp3) is 0.200. The first kappa shape index (κ1) is 12.9. The molecular formula is C15H15N3OS. The van der Waals surface area contributed by atoms with Gasteiger partial charge in [0, 0.05) is 19.3 Å². The van der Waals surface area contributed by atoms with Crippen LogP contribution in [-0.2, 0) is 7.05 Å². The molecule has 3 aromatic rings. The molecule has 0 aliphatic heterocycles. The zero-order valence-corrected chi connectivity index (χ0v) is 12.1. The number of anilines is 1. The number of aryl methyl sites for hydroxylation is 1. The molecular weight excluding hydrogens is 270 g/mol. The van der Waals surface area contributed by atoms with Crippen LogP contribution in [0.3, 0.4) is 0 Å². The Kier molecular flexibility index (Phi) is 3.28. The molecule has 1 N–H and O–H groups in total. The van der Waals surface area contributed by atoms with Crippen LogP contribution in [-0.4, -0.2) is 9.55 Å². The van der Waals surface area contributed by atoms with Crippen molar-refractivity contribution in [1.82, 2.24) is 9.55 Å². The molecule has 3 rings (SSSR count). The van der Waals surface area contributed by atoms with Gasteiger partial charge in [0.05, 0.1) is 21.9 Å². The summed E-state index contributed by atoms with van der Waals surface area (Å²) in [5, 5.41) is 4.42. The zero-order chi connectivity index (χ0) is 14.1. The SMILES string of the molecule is CC(Nc1ccc(=O)n(C)c1)c1nc2ccccc2s1. The van der Waals surface area contributed by atoms with E-state index < -0.39 is 0 Å². The van der Waals surface area contributed by atoms with Crippen LogP contribution in [0.2, 0.25) is 0 Å². The lowest BCUT2D eigenvalue weighted by Crippen LogP contribution is -2.16. The second-order valence-corrected chi connectivity index (χ2v) is 5.81. The third-order valence-corrected chi connectivity index (χ3v) is 4.37. The molecule has 5 heteroatoms. The number of nitrogens with zero attached hydrogens (tertiary/aromatic N) is 2. The molecule has 0 radical (unpaired) electrons. The van der Waals surface area contributed by atoms with Gasteiger partial charge in [0.2, 0.25) is 5.56 Å². The van der Waals surface area contributed by atoms with Crippen LogP contribution in [0.5, 0.6) is 0 Å². The maximum atomic E-state index is 11.4. The van der Waals surface area contributed by atoms with E-state index in [0.29, 0.717) is 0 Å². The average Bonchev–Trinajstić information content (AvgIpc) is 2.87. The van der Waals surface area contributed by atoms with Crippen molar-refractivity contribution in [3.8, 4) is 0 Å². The Morgan fingerprint density at radius 2 is 2.05 bits per heavy atom. The monoisotopic (exact) mass is 285 g/mol. The molecule has 1 aromatic carbocycles. The second-order valence-electron chi connectivity index (χ2n) is 4.75. The van der Waals surface area contributed by atoms with Gasteiger partial charge in [-0.3, -0.25) is 4.79 Å². The number of para-hydroxylation sites is 1. The summed E-state index contributed by atoms with van der Waals surface area (Å²) < 4.78 is 2.75. The molecule has 102 valence electrons. The Balaban J connectivity index is 1.86. The quantitative estimate of drug-likeness (QED) is 0.804. The van der Waals surface area contributed by atoms with Crippen molar-refractivity contribution in [1.29, 1.82) is 0 Å². The van der Waals surface area contributed by atoms with Crippen molar-refractivity contribution < 1.29 is 0 Å². The number of aromatic nitrogens is 2. The summed E-state index contributed by atoms with van der Waals surface area (Å²) in [6.07, 6.45) is 1.80. The summed E-state index contributed by atoms with van der Waals surface area (Å²) in [5.74, 6) is 0. The molecule has 0 bridgehead atoms. The van der Waals surface area contributed by atoms with Gasteiger partial charge in [-0.15, -0.1) is 11.3 Å². The van der Waals surface area contributed by atoms with E-state index in [2.05, 4.69) is 23.3 Å². The highest BCUT2D eigenvalue weighted by molar-refractivity contribution is 7.18. The summed E-state index contributed by atoms with van der Waals surface area (Å²) in [7, 11) is 1.75. The van der Waals surface area contributed by atoms with Gasteiger partial charge < -0.3 is 9.88 Å². The minimum Gasteiger partial charge on any atom is -0.375 e. The van der Waals surface area contributed by atoms with Crippen LogP contribution in [0.4, 0.5) is 5.69 Å². The van der Waals surface area contributed by atoms with E-state index in [9.17, 15) is 4.79 Å². The number of nitrogens with one attached hydrogen (secondary N) is 1. The van der Waals surface area contributed by atoms with Gasteiger partial charge in [-0.2, -0.15) is 0 Å². The van der Waals surface area contributed by atoms with Crippen molar-refractivity contribution in [3.63, 3.8) is 0 Å². The molecule has 0 aliphatic carbocycles. The summed E-state index contributed by atoms with van der Waals surface area (Å²) in [5.41, 5.74) is 1.93. The number of hydrogen-bond acceptors (Lipinski definition) is 4. The third kappa shape index (κ3) is 2.44. The predicted octanol–water partition coefficient (Wildman–Crippen LogP) is 3.17. The molecule has 2 heterocycles. The predicted molar refractivity (Wildman–Crippen MR) is 83.3 cm³/mol. The topological polar surface area (TPSA) is 46.9 Å². The van der Waals surface area contributed by atoms with Crippen LogP contribution in [0.15, 0.2) is 47.4 Å². The maximum Gasteiger partial charge on any atom is 0.250 e. The highest BCUT2D eigenvalue weighted by Gasteiger charge is 2.11. The van der Waals surface area contributed by atoms with Crippen LogP contribution in [0, 0.1) is 0 Å². The summed E-state index contributed by atoms with van der Waals surface area (Å²) >= 11 is 1.69. The fourth-order valence-corrected chi connectivity index (χ4v) is 3.04. The number of hydrogen-bond donors (Lipinski definition) is 1. The van der Waals surface area contributed by atoms with Gasteiger partial charge in [0.25, 0.3) is 0 Å². The van der Waals surface area contributed by atoms with E-state index in [1.165, 1.54) is 4.70 Å². The van der Waals surface area contributed by atoms with E-state index in [1.807, 2.05) is 18.2 Å². The van der Waals surface area contributed by atoms with Crippen LogP contribution in [0.25, 0.3) is 10.2 Å². The minimum atomic E-state index is -0.0109. The Morgan fingerprint density at radius 3 is 2.80 bits per heavy atom. The fourth-order valence-electron chi connectivity index (χ4n) is 2.07. The molecule has 0 saturated carbocycles. The van der Waals surface area contributed by atoms with Gasteiger partial charge in [0.1, 0.15) is 5.01 Å². The molecule has 1 atom stereocenters. The lowest BCUT2D eigenvalue weighted by Gasteiger charge is -2.13. The second kappa shape index (κ2) is 5.09. The number of rotatable bonds is 3. The standard InChI is InChI=1S/C15H15N3OS/c1-10(16-11-7-8-14(19)18(2)9-11)15-17-12-5-3-4-6-13(12)20-15/h3-10,16H,1-2H3. The minimum absolute atomic E-state index is 0.0109. The molecule has 20 heavy (non-hydrogen) atoms. The van der Waals surface area contributed by atoms with Crippen molar-refractivity contribution in [2.45, 2.75) is 13.0 Å². The number of pyridine rings is 1. The zero-order valence-electron chi connectivity index (χ0n) is 11.3. The third-order valence-electron chi connectivity index (χ3n) is 3.15. The van der Waals surface area contributed by atoms with E-state index >= 15 is 0 Å². The van der Waals surface area contributed by atoms with Crippen LogP contribution < -0.4 is 10.9 Å². The molecule has 2 aromatic heterocycles. The van der Waals surface area contributed by atoms with Crippen molar-refractivity contribution in [3.05, 3.63) is 58.0 Å². The lowest BCUT2D eigenvalue weighted by molar-refractivity contribution is 0.837. The van der Waals surface area contributed by atoms with Crippen molar-refractivity contribution in [2.24, 2.45) is 7.05 Å². The lowest BCUT2D eigenvalue weighted by atomic mass is 10.3. The normalized spacial score (nSPS) is 12.5. The molecule has 0 spiro atoms. The Morgan fingerprint density at radius 1 is 1.25 bits per heavy atom. The smallest absolute Gasteiger partial charge is 0.250 e. The van der Waals surface area contributed by atoms with Crippen molar-refractivity contribution in [2.75, 3.05) is 5.32 Å². The largest absolute Gasteiger partial charge is 0.375 e. The Labute approximate surface area is 120 Å². The van der Waals surface area contributed by atoms with Gasteiger partial charge >= 0.3 is 0 Å². The molecule has 4 nitrogen and oxygen atoms in total. The first-order valence-corrected chi connectivity index (χ1v) is 7.24. The molecule has 0 saturated heterocycles. The first-order valence-electron chi connectivity index (χ1n) is 6.42. The van der Waals surface area contributed by atoms with Gasteiger partial charge in [-0.1, -0.05) is 12.1 Å². The van der Waals surface area contributed by atoms with Gasteiger partial charge in [-0.25, -0.2) is 4.98 Å². The number of fused-ring (bicyclic) bond motifs is 1. The first-order chi connectivity index (χ1) is 9.63.